The summed E-state index contributed by atoms with van der Waals surface area (Å²) in [4.78, 5) is 16.8. The van der Waals surface area contributed by atoms with Gasteiger partial charge in [-0.05, 0) is 31.4 Å². The Balaban J connectivity index is 1.22. The summed E-state index contributed by atoms with van der Waals surface area (Å²) in [6.07, 6.45) is 6.51. The molecular formula is C22H30N6OS. The van der Waals surface area contributed by atoms with Crippen molar-refractivity contribution in [3.8, 4) is 0 Å². The van der Waals surface area contributed by atoms with Crippen LogP contribution in [0.2, 0.25) is 0 Å². The van der Waals surface area contributed by atoms with Crippen molar-refractivity contribution in [2.24, 2.45) is 5.10 Å². The van der Waals surface area contributed by atoms with Crippen molar-refractivity contribution in [3.63, 3.8) is 0 Å². The minimum atomic E-state index is 0.106. The second-order valence-electron chi connectivity index (χ2n) is 8.55. The van der Waals surface area contributed by atoms with Gasteiger partial charge in [0.2, 0.25) is 5.91 Å². The Hall–Kier alpha value is -2.19. The summed E-state index contributed by atoms with van der Waals surface area (Å²) < 4.78 is 0. The number of aryl methyl sites for hydroxylation is 2. The number of nitrogens with zero attached hydrogens (tertiary/aromatic N) is 4. The molecule has 0 spiro atoms. The summed E-state index contributed by atoms with van der Waals surface area (Å²) in [5.74, 6) is 3.32. The number of thioether (sulfide) groups is 1. The van der Waals surface area contributed by atoms with E-state index in [-0.39, 0.29) is 18.1 Å². The number of hydrogen-bond donors (Lipinski definition) is 2. The van der Waals surface area contributed by atoms with Gasteiger partial charge in [0, 0.05) is 49.8 Å². The van der Waals surface area contributed by atoms with Gasteiger partial charge in [0.25, 0.3) is 0 Å². The number of rotatable bonds is 4. The minimum Gasteiger partial charge on any atom is -0.341 e. The molecule has 4 aliphatic rings. The van der Waals surface area contributed by atoms with E-state index in [1.807, 2.05) is 16.7 Å². The van der Waals surface area contributed by atoms with E-state index in [0.29, 0.717) is 18.9 Å². The maximum absolute atomic E-state index is 12.5. The fourth-order valence-electron chi connectivity index (χ4n) is 4.84. The maximum Gasteiger partial charge on any atom is 0.223 e. The summed E-state index contributed by atoms with van der Waals surface area (Å²) in [7, 11) is 0. The first kappa shape index (κ1) is 19.8. The fourth-order valence-corrected chi connectivity index (χ4v) is 5.74. The maximum atomic E-state index is 12.5. The van der Waals surface area contributed by atoms with Gasteiger partial charge in [-0.3, -0.25) is 10.2 Å². The highest BCUT2D eigenvalue weighted by Crippen LogP contribution is 2.35. The first-order chi connectivity index (χ1) is 14.6. The Labute approximate surface area is 182 Å². The van der Waals surface area contributed by atoms with E-state index < -0.39 is 0 Å². The Morgan fingerprint density at radius 3 is 2.90 bits per heavy atom. The van der Waals surface area contributed by atoms with Crippen molar-refractivity contribution in [1.29, 1.82) is 0 Å². The molecular weight excluding hydrogens is 396 g/mol. The SMILES string of the molecule is Cc1ccc(C)c(C2CC3C4NN=C(CCC(=O)N5CCSCC5)N4C=CN3N2)c1. The van der Waals surface area contributed by atoms with Gasteiger partial charge in [-0.15, -0.1) is 0 Å². The van der Waals surface area contributed by atoms with Crippen molar-refractivity contribution < 1.29 is 4.79 Å². The second kappa shape index (κ2) is 8.15. The molecule has 160 valence electrons. The normalized spacial score (nSPS) is 27.6. The van der Waals surface area contributed by atoms with Gasteiger partial charge in [-0.2, -0.15) is 16.9 Å². The second-order valence-corrected chi connectivity index (χ2v) is 9.78. The van der Waals surface area contributed by atoms with Crippen LogP contribution in [0.1, 0.15) is 42.0 Å². The quantitative estimate of drug-likeness (QED) is 0.771. The van der Waals surface area contributed by atoms with Crippen LogP contribution in [0.4, 0.5) is 0 Å². The third-order valence-corrected chi connectivity index (χ3v) is 7.49. The number of benzene rings is 1. The third kappa shape index (κ3) is 3.67. The van der Waals surface area contributed by atoms with Gasteiger partial charge >= 0.3 is 0 Å². The van der Waals surface area contributed by atoms with Crippen LogP contribution in [0, 0.1) is 13.8 Å². The van der Waals surface area contributed by atoms with Crippen molar-refractivity contribution >= 4 is 23.5 Å². The highest BCUT2D eigenvalue weighted by atomic mass is 32.2. The smallest absolute Gasteiger partial charge is 0.223 e. The lowest BCUT2D eigenvalue weighted by molar-refractivity contribution is -0.130. The van der Waals surface area contributed by atoms with Gasteiger partial charge in [-0.25, -0.2) is 5.43 Å². The number of amides is 1. The van der Waals surface area contributed by atoms with Crippen LogP contribution in [-0.2, 0) is 4.79 Å². The fraction of sp³-hybridized carbons (Fsp3) is 0.545. The molecule has 3 unspecified atom stereocenters. The van der Waals surface area contributed by atoms with Gasteiger partial charge < -0.3 is 14.8 Å². The zero-order valence-corrected chi connectivity index (χ0v) is 18.5. The van der Waals surface area contributed by atoms with Gasteiger partial charge in [0.1, 0.15) is 12.0 Å². The molecule has 0 aliphatic carbocycles. The molecule has 0 saturated carbocycles. The van der Waals surface area contributed by atoms with Crippen LogP contribution in [0.15, 0.2) is 35.7 Å². The van der Waals surface area contributed by atoms with Crippen LogP contribution in [0.25, 0.3) is 0 Å². The lowest BCUT2D eigenvalue weighted by Gasteiger charge is -2.37. The lowest BCUT2D eigenvalue weighted by Crippen LogP contribution is -2.54. The molecule has 4 heterocycles. The predicted octanol–water partition coefficient (Wildman–Crippen LogP) is 2.31. The van der Waals surface area contributed by atoms with Gasteiger partial charge in [-0.1, -0.05) is 23.8 Å². The molecule has 1 aromatic carbocycles. The average molecular weight is 427 g/mol. The van der Waals surface area contributed by atoms with E-state index in [1.54, 1.807) is 0 Å². The molecule has 8 heteroatoms. The third-order valence-electron chi connectivity index (χ3n) is 6.55. The lowest BCUT2D eigenvalue weighted by atomic mass is 9.95. The van der Waals surface area contributed by atoms with E-state index in [2.05, 4.69) is 70.3 Å². The Bertz CT molecular complexity index is 880. The zero-order valence-electron chi connectivity index (χ0n) is 17.7. The van der Waals surface area contributed by atoms with E-state index >= 15 is 0 Å². The molecule has 3 atom stereocenters. The van der Waals surface area contributed by atoms with Crippen LogP contribution < -0.4 is 10.9 Å². The van der Waals surface area contributed by atoms with E-state index in [0.717, 1.165) is 36.9 Å². The van der Waals surface area contributed by atoms with E-state index in [1.165, 1.54) is 16.7 Å². The number of fused-ring (bicyclic) bond motifs is 3. The molecule has 5 rings (SSSR count). The molecule has 1 amide bonds. The molecule has 7 nitrogen and oxygen atoms in total. The standard InChI is InChI=1S/C22H30N6OS/c1-15-3-4-16(2)17(13-15)18-14-19-22-24-23-20(27(22)7-8-28(19)25-18)5-6-21(29)26-9-11-30-12-10-26/h3-4,7-8,13,18-19,22,24-25H,5-6,9-12,14H2,1-2H3. The Morgan fingerprint density at radius 1 is 1.23 bits per heavy atom. The highest BCUT2D eigenvalue weighted by Gasteiger charge is 2.44. The largest absolute Gasteiger partial charge is 0.341 e. The summed E-state index contributed by atoms with van der Waals surface area (Å²) in [6, 6.07) is 7.26. The van der Waals surface area contributed by atoms with Crippen LogP contribution in [0.3, 0.4) is 0 Å². The van der Waals surface area contributed by atoms with Gasteiger partial charge in [0.15, 0.2) is 0 Å². The molecule has 0 aromatic heterocycles. The molecule has 0 bridgehead atoms. The summed E-state index contributed by atoms with van der Waals surface area (Å²) in [5.41, 5.74) is 11.0. The number of nitrogens with one attached hydrogen (secondary N) is 2. The number of hydrazine groups is 1. The first-order valence-corrected chi connectivity index (χ1v) is 12.0. The van der Waals surface area contributed by atoms with E-state index in [9.17, 15) is 4.79 Å². The van der Waals surface area contributed by atoms with Crippen molar-refractivity contribution in [2.45, 2.75) is 51.4 Å². The van der Waals surface area contributed by atoms with Crippen molar-refractivity contribution in [2.75, 3.05) is 24.6 Å². The van der Waals surface area contributed by atoms with Crippen LogP contribution in [-0.4, -0.2) is 63.4 Å². The number of carbonyl (C=O) groups is 1. The number of hydrogen-bond acceptors (Lipinski definition) is 7. The molecule has 2 N–H and O–H groups in total. The molecule has 30 heavy (non-hydrogen) atoms. The first-order valence-electron chi connectivity index (χ1n) is 10.9. The summed E-state index contributed by atoms with van der Waals surface area (Å²) >= 11 is 1.93. The minimum absolute atomic E-state index is 0.106. The Morgan fingerprint density at radius 2 is 2.07 bits per heavy atom. The number of hydrazone groups is 1. The highest BCUT2D eigenvalue weighted by molar-refractivity contribution is 7.99. The topological polar surface area (TPSA) is 63.2 Å². The summed E-state index contributed by atoms with van der Waals surface area (Å²) in [5, 5.41) is 6.82. The number of amidine groups is 1. The molecule has 2 saturated heterocycles. The molecule has 0 radical (unpaired) electrons. The summed E-state index contributed by atoms with van der Waals surface area (Å²) in [6.45, 7) is 6.09. The molecule has 4 aliphatic heterocycles. The van der Waals surface area contributed by atoms with Crippen LogP contribution >= 0.6 is 11.8 Å². The zero-order chi connectivity index (χ0) is 20.7. The van der Waals surface area contributed by atoms with Gasteiger partial charge in [0.05, 0.1) is 12.1 Å². The number of carbonyl (C=O) groups excluding carboxylic acids is 1. The monoisotopic (exact) mass is 426 g/mol. The molecule has 1 aromatic rings. The van der Waals surface area contributed by atoms with Crippen LogP contribution in [0.5, 0.6) is 0 Å². The Kier molecular flexibility index (Phi) is 5.37. The van der Waals surface area contributed by atoms with Crippen molar-refractivity contribution in [3.05, 3.63) is 47.3 Å². The molecule has 2 fully saturated rings. The van der Waals surface area contributed by atoms with E-state index in [4.69, 9.17) is 0 Å². The van der Waals surface area contributed by atoms with Crippen molar-refractivity contribution in [1.82, 2.24) is 25.7 Å². The predicted molar refractivity (Wildman–Crippen MR) is 121 cm³/mol. The average Bonchev–Trinajstić information content (AvgIpc) is 3.38.